The third-order valence-corrected chi connectivity index (χ3v) is 1.39. The van der Waals surface area contributed by atoms with Crippen molar-refractivity contribution in [2.24, 2.45) is 0 Å². The Morgan fingerprint density at radius 1 is 1.18 bits per heavy atom. The lowest BCUT2D eigenvalue weighted by molar-refractivity contribution is -0.126. The summed E-state index contributed by atoms with van der Waals surface area (Å²) < 4.78 is 10.2. The van der Waals surface area contributed by atoms with Crippen molar-refractivity contribution in [1.82, 2.24) is 5.32 Å². The summed E-state index contributed by atoms with van der Waals surface area (Å²) in [6.07, 6.45) is 0.881. The molecule has 1 fully saturated rings. The Labute approximate surface area is 65.9 Å². The summed E-state index contributed by atoms with van der Waals surface area (Å²) in [5.41, 5.74) is 0. The minimum absolute atomic E-state index is 0.0353. The molecule has 1 saturated heterocycles. The Hall–Kier alpha value is -0.610. The number of amides is 1. The molecule has 0 radical (unpaired) electrons. The molecule has 0 bridgehead atoms. The number of rotatable bonds is 0. The lowest BCUT2D eigenvalue weighted by atomic mass is 10.4. The van der Waals surface area contributed by atoms with Crippen LogP contribution < -0.4 is 5.32 Å². The molecule has 0 spiro atoms. The van der Waals surface area contributed by atoms with E-state index in [1.54, 1.807) is 0 Å². The van der Waals surface area contributed by atoms with Gasteiger partial charge in [-0.05, 0) is 6.42 Å². The minimum atomic E-state index is -0.0353. The van der Waals surface area contributed by atoms with Gasteiger partial charge in [-0.1, -0.05) is 0 Å². The Kier molecular flexibility index (Phi) is 3.93. The maximum absolute atomic E-state index is 10.8. The summed E-state index contributed by atoms with van der Waals surface area (Å²) in [6.45, 7) is 2.63. The summed E-state index contributed by atoms with van der Waals surface area (Å²) in [6, 6.07) is 0. The molecule has 1 aliphatic heterocycles. The summed E-state index contributed by atoms with van der Waals surface area (Å²) in [7, 11) is 0. The standard InChI is InChI=1S/C7H13NO3/c9-7-6-11-5-4-10-3-1-2-8-7/h1-6H2,(H,8,9). The van der Waals surface area contributed by atoms with Crippen LogP contribution in [0.25, 0.3) is 0 Å². The van der Waals surface area contributed by atoms with Gasteiger partial charge >= 0.3 is 0 Å². The van der Waals surface area contributed by atoms with E-state index in [2.05, 4.69) is 5.32 Å². The van der Waals surface area contributed by atoms with Crippen LogP contribution in [-0.4, -0.2) is 38.9 Å². The van der Waals surface area contributed by atoms with Crippen molar-refractivity contribution >= 4 is 5.91 Å². The molecule has 1 aliphatic rings. The van der Waals surface area contributed by atoms with Crippen molar-refractivity contribution in [3.8, 4) is 0 Å². The van der Waals surface area contributed by atoms with Gasteiger partial charge in [0.25, 0.3) is 0 Å². The second-order valence-corrected chi connectivity index (χ2v) is 2.37. The predicted octanol–water partition coefficient (Wildman–Crippen LogP) is -0.461. The van der Waals surface area contributed by atoms with Gasteiger partial charge < -0.3 is 14.8 Å². The van der Waals surface area contributed by atoms with Crippen LogP contribution in [0.15, 0.2) is 0 Å². The molecule has 4 heteroatoms. The first kappa shape index (κ1) is 8.49. The normalized spacial score (nSPS) is 22.4. The molecule has 1 rings (SSSR count). The van der Waals surface area contributed by atoms with Crippen LogP contribution in [0.3, 0.4) is 0 Å². The van der Waals surface area contributed by atoms with Crippen LogP contribution in [0.1, 0.15) is 6.42 Å². The third-order valence-electron chi connectivity index (χ3n) is 1.39. The number of nitrogens with one attached hydrogen (secondary N) is 1. The lowest BCUT2D eigenvalue weighted by Crippen LogP contribution is -2.30. The molecule has 1 amide bonds. The highest BCUT2D eigenvalue weighted by atomic mass is 16.5. The van der Waals surface area contributed by atoms with Gasteiger partial charge in [-0.3, -0.25) is 4.79 Å². The molecular weight excluding hydrogens is 146 g/mol. The van der Waals surface area contributed by atoms with E-state index in [-0.39, 0.29) is 12.5 Å². The highest BCUT2D eigenvalue weighted by molar-refractivity contribution is 5.77. The first-order chi connectivity index (χ1) is 5.39. The average molecular weight is 159 g/mol. The van der Waals surface area contributed by atoms with Crippen molar-refractivity contribution < 1.29 is 14.3 Å². The van der Waals surface area contributed by atoms with Gasteiger partial charge in [-0.15, -0.1) is 0 Å². The molecule has 0 saturated carbocycles. The molecule has 11 heavy (non-hydrogen) atoms. The van der Waals surface area contributed by atoms with Crippen molar-refractivity contribution in [3.63, 3.8) is 0 Å². The quantitative estimate of drug-likeness (QED) is 0.520. The molecule has 0 aliphatic carbocycles. The molecule has 0 aromatic rings. The van der Waals surface area contributed by atoms with Crippen molar-refractivity contribution in [1.29, 1.82) is 0 Å². The van der Waals surface area contributed by atoms with Crippen LogP contribution in [0.4, 0.5) is 0 Å². The van der Waals surface area contributed by atoms with E-state index in [1.165, 1.54) is 0 Å². The Balaban J connectivity index is 2.17. The zero-order valence-corrected chi connectivity index (χ0v) is 6.47. The van der Waals surface area contributed by atoms with E-state index in [0.29, 0.717) is 26.4 Å². The van der Waals surface area contributed by atoms with Crippen LogP contribution in [0, 0.1) is 0 Å². The molecular formula is C7H13NO3. The molecule has 4 nitrogen and oxygen atoms in total. The summed E-state index contributed by atoms with van der Waals surface area (Å²) in [5.74, 6) is -0.0353. The first-order valence-electron chi connectivity index (χ1n) is 3.82. The number of ether oxygens (including phenoxy) is 2. The monoisotopic (exact) mass is 159 g/mol. The van der Waals surface area contributed by atoms with E-state index in [4.69, 9.17) is 9.47 Å². The molecule has 64 valence electrons. The average Bonchev–Trinajstić information content (AvgIpc) is 2.03. The highest BCUT2D eigenvalue weighted by Crippen LogP contribution is 1.86. The maximum atomic E-state index is 10.8. The third kappa shape index (κ3) is 3.95. The Bertz CT molecular complexity index is 115. The topological polar surface area (TPSA) is 47.6 Å². The second kappa shape index (κ2) is 5.09. The Morgan fingerprint density at radius 2 is 2.00 bits per heavy atom. The number of hydrogen-bond acceptors (Lipinski definition) is 3. The SMILES string of the molecule is O=C1COCCOCCCN1. The fourth-order valence-corrected chi connectivity index (χ4v) is 0.838. The molecule has 0 atom stereocenters. The van der Waals surface area contributed by atoms with Crippen LogP contribution in [0.5, 0.6) is 0 Å². The fourth-order valence-electron chi connectivity index (χ4n) is 0.838. The van der Waals surface area contributed by atoms with Crippen LogP contribution in [0.2, 0.25) is 0 Å². The van der Waals surface area contributed by atoms with Crippen molar-refractivity contribution in [2.75, 3.05) is 33.0 Å². The van der Waals surface area contributed by atoms with Gasteiger partial charge in [0.05, 0.1) is 13.2 Å². The van der Waals surface area contributed by atoms with Gasteiger partial charge in [0.1, 0.15) is 6.61 Å². The van der Waals surface area contributed by atoms with E-state index < -0.39 is 0 Å². The van der Waals surface area contributed by atoms with Crippen LogP contribution >= 0.6 is 0 Å². The largest absolute Gasteiger partial charge is 0.379 e. The molecule has 1 N–H and O–H groups in total. The zero-order chi connectivity index (χ0) is 7.94. The zero-order valence-electron chi connectivity index (χ0n) is 6.47. The number of hydrogen-bond donors (Lipinski definition) is 1. The molecule has 0 aromatic carbocycles. The van der Waals surface area contributed by atoms with Crippen LogP contribution in [-0.2, 0) is 14.3 Å². The Morgan fingerprint density at radius 3 is 2.91 bits per heavy atom. The van der Waals surface area contributed by atoms with Crippen molar-refractivity contribution in [3.05, 3.63) is 0 Å². The molecule has 0 unspecified atom stereocenters. The van der Waals surface area contributed by atoms with Gasteiger partial charge in [0.2, 0.25) is 5.91 Å². The van der Waals surface area contributed by atoms with E-state index in [9.17, 15) is 4.79 Å². The molecule has 0 aromatic heterocycles. The second-order valence-electron chi connectivity index (χ2n) is 2.37. The summed E-state index contributed by atoms with van der Waals surface area (Å²) >= 11 is 0. The van der Waals surface area contributed by atoms with E-state index in [0.717, 1.165) is 6.42 Å². The molecule has 1 heterocycles. The van der Waals surface area contributed by atoms with E-state index in [1.807, 2.05) is 0 Å². The van der Waals surface area contributed by atoms with Crippen molar-refractivity contribution in [2.45, 2.75) is 6.42 Å². The highest BCUT2D eigenvalue weighted by Gasteiger charge is 2.01. The van der Waals surface area contributed by atoms with Gasteiger partial charge in [0.15, 0.2) is 0 Å². The summed E-state index contributed by atoms with van der Waals surface area (Å²) in [4.78, 5) is 10.8. The van der Waals surface area contributed by atoms with Gasteiger partial charge in [-0.25, -0.2) is 0 Å². The number of carbonyl (C=O) groups excluding carboxylic acids is 1. The first-order valence-corrected chi connectivity index (χ1v) is 3.82. The van der Waals surface area contributed by atoms with Gasteiger partial charge in [-0.2, -0.15) is 0 Å². The van der Waals surface area contributed by atoms with E-state index >= 15 is 0 Å². The minimum Gasteiger partial charge on any atom is -0.379 e. The number of carbonyl (C=O) groups is 1. The van der Waals surface area contributed by atoms with Gasteiger partial charge in [0, 0.05) is 13.2 Å². The summed E-state index contributed by atoms with van der Waals surface area (Å²) in [5, 5.41) is 2.71. The predicted molar refractivity (Wildman–Crippen MR) is 39.3 cm³/mol. The lowest BCUT2D eigenvalue weighted by Gasteiger charge is -2.09. The maximum Gasteiger partial charge on any atom is 0.246 e. The fraction of sp³-hybridized carbons (Fsp3) is 0.857. The smallest absolute Gasteiger partial charge is 0.246 e.